The molecule has 0 saturated carbocycles. The molecule has 0 aliphatic carbocycles. The van der Waals surface area contributed by atoms with Crippen LogP contribution in [0.4, 0.5) is 10.1 Å². The summed E-state index contributed by atoms with van der Waals surface area (Å²) < 4.78 is 40.3. The third-order valence-electron chi connectivity index (χ3n) is 2.33. The van der Waals surface area contributed by atoms with Gasteiger partial charge >= 0.3 is 5.69 Å². The average Bonchev–Trinajstić information content (AvgIpc) is 2.23. The van der Waals surface area contributed by atoms with Crippen LogP contribution in [-0.4, -0.2) is 25.7 Å². The molecule has 0 bridgehead atoms. The first-order valence-corrected chi connectivity index (χ1v) is 7.29. The van der Waals surface area contributed by atoms with Crippen LogP contribution in [0.2, 0.25) is 0 Å². The summed E-state index contributed by atoms with van der Waals surface area (Å²) in [5.41, 5.74) is -1.35. The predicted molar refractivity (Wildman–Crippen MR) is 70.3 cm³/mol. The van der Waals surface area contributed by atoms with Gasteiger partial charge in [0.05, 0.1) is 23.3 Å². The van der Waals surface area contributed by atoms with Crippen LogP contribution in [0.5, 0.6) is 5.75 Å². The highest BCUT2D eigenvalue weighted by Crippen LogP contribution is 2.29. The van der Waals surface area contributed by atoms with E-state index in [1.807, 2.05) is 0 Å². The summed E-state index contributed by atoms with van der Waals surface area (Å²) >= 11 is 0. The maximum absolute atomic E-state index is 12.9. The summed E-state index contributed by atoms with van der Waals surface area (Å²) in [6, 6.07) is 2.89. The maximum Gasteiger partial charge on any atom is 0.313 e. The fourth-order valence-electron chi connectivity index (χ4n) is 1.61. The van der Waals surface area contributed by atoms with Gasteiger partial charge in [-0.15, -0.1) is 0 Å². The molecule has 0 aromatic heterocycles. The maximum atomic E-state index is 12.9. The van der Waals surface area contributed by atoms with Crippen molar-refractivity contribution in [3.05, 3.63) is 34.1 Å². The largest absolute Gasteiger partial charge is 0.486 e. The molecule has 0 radical (unpaired) electrons. The Kier molecular flexibility index (Phi) is 4.66. The Hall–Kier alpha value is -1.74. The molecule has 0 heterocycles. The molecule has 112 valence electrons. The van der Waals surface area contributed by atoms with Gasteiger partial charge in [-0.2, -0.15) is 0 Å². The molecule has 7 nitrogen and oxygen atoms in total. The topological polar surface area (TPSA) is 113 Å². The zero-order valence-corrected chi connectivity index (χ0v) is 11.8. The quantitative estimate of drug-likeness (QED) is 0.631. The number of hydrogen-bond donors (Lipinski definition) is 1. The van der Waals surface area contributed by atoms with Crippen molar-refractivity contribution in [2.75, 3.05) is 12.4 Å². The molecule has 0 unspecified atom stereocenters. The number of sulfonamides is 1. The van der Waals surface area contributed by atoms with Gasteiger partial charge < -0.3 is 4.74 Å². The lowest BCUT2D eigenvalue weighted by molar-refractivity contribution is -0.386. The summed E-state index contributed by atoms with van der Waals surface area (Å²) in [5.74, 6) is -1.22. The van der Waals surface area contributed by atoms with Gasteiger partial charge in [-0.25, -0.2) is 17.9 Å². The van der Waals surface area contributed by atoms with Gasteiger partial charge in [0.2, 0.25) is 10.0 Å². The number of benzene rings is 1. The van der Waals surface area contributed by atoms with Crippen LogP contribution < -0.4 is 9.88 Å². The number of nitrogens with zero attached hydrogens (tertiary/aromatic N) is 1. The first kappa shape index (κ1) is 16.3. The monoisotopic (exact) mass is 306 g/mol. The predicted octanol–water partition coefficient (Wildman–Crippen LogP) is 1.43. The second-order valence-electron chi connectivity index (χ2n) is 5.13. The number of halogens is 1. The molecule has 20 heavy (non-hydrogen) atoms. The lowest BCUT2D eigenvalue weighted by atomic mass is 9.98. The first-order valence-electron chi connectivity index (χ1n) is 5.57. The Bertz CT molecular complexity index is 615. The van der Waals surface area contributed by atoms with E-state index in [2.05, 4.69) is 0 Å². The lowest BCUT2D eigenvalue weighted by Crippen LogP contribution is -2.33. The second kappa shape index (κ2) is 5.71. The van der Waals surface area contributed by atoms with Crippen molar-refractivity contribution >= 4 is 15.7 Å². The molecular weight excluding hydrogens is 291 g/mol. The van der Waals surface area contributed by atoms with E-state index < -0.39 is 31.9 Å². The normalized spacial score (nSPS) is 12.2. The molecule has 0 aliphatic rings. The molecule has 1 rings (SSSR count). The zero-order chi connectivity index (χ0) is 15.6. The molecule has 0 atom stereocenters. The smallest absolute Gasteiger partial charge is 0.313 e. The fourth-order valence-corrected chi connectivity index (χ4v) is 2.79. The van der Waals surface area contributed by atoms with Crippen LogP contribution in [0.15, 0.2) is 18.2 Å². The Labute approximate surface area is 115 Å². The SMILES string of the molecule is CC(C)(COc1ccc(F)cc1[N+](=O)[O-])CS(N)(=O)=O. The minimum Gasteiger partial charge on any atom is -0.486 e. The third-order valence-corrected chi connectivity index (χ3v) is 3.51. The van der Waals surface area contributed by atoms with Crippen LogP contribution in [0.3, 0.4) is 0 Å². The number of nitro benzene ring substituents is 1. The number of ether oxygens (including phenoxy) is 1. The highest BCUT2D eigenvalue weighted by atomic mass is 32.2. The fraction of sp³-hybridized carbons (Fsp3) is 0.455. The van der Waals surface area contributed by atoms with Crippen LogP contribution in [0, 0.1) is 21.3 Å². The summed E-state index contributed by atoms with van der Waals surface area (Å²) in [4.78, 5) is 10.00. The Morgan fingerprint density at radius 3 is 2.55 bits per heavy atom. The van der Waals surface area contributed by atoms with Crippen molar-refractivity contribution < 1.29 is 22.5 Å². The minimum absolute atomic E-state index is 0.115. The van der Waals surface area contributed by atoms with E-state index in [4.69, 9.17) is 9.88 Å². The Morgan fingerprint density at radius 2 is 2.05 bits per heavy atom. The van der Waals surface area contributed by atoms with Crippen molar-refractivity contribution in [1.82, 2.24) is 0 Å². The summed E-state index contributed by atoms with van der Waals surface area (Å²) in [6.45, 7) is 3.06. The zero-order valence-electron chi connectivity index (χ0n) is 11.0. The second-order valence-corrected chi connectivity index (χ2v) is 6.74. The standard InChI is InChI=1S/C11H15FN2O5S/c1-11(2,7-20(13,17)18)6-19-10-4-3-8(12)5-9(10)14(15)16/h3-5H,6-7H2,1-2H3,(H2,13,17,18). The van der Waals surface area contributed by atoms with Crippen LogP contribution >= 0.6 is 0 Å². The minimum atomic E-state index is -3.69. The van der Waals surface area contributed by atoms with Crippen molar-refractivity contribution in [2.24, 2.45) is 10.6 Å². The van der Waals surface area contributed by atoms with Crippen molar-refractivity contribution in [2.45, 2.75) is 13.8 Å². The van der Waals surface area contributed by atoms with Gasteiger partial charge in [0.1, 0.15) is 5.82 Å². The summed E-state index contributed by atoms with van der Waals surface area (Å²) in [7, 11) is -3.69. The van der Waals surface area contributed by atoms with Crippen LogP contribution in [0.1, 0.15) is 13.8 Å². The van der Waals surface area contributed by atoms with Gasteiger partial charge in [-0.05, 0) is 12.1 Å². The molecule has 0 aliphatic heterocycles. The summed E-state index contributed by atoms with van der Waals surface area (Å²) in [5, 5.41) is 15.7. The third kappa shape index (κ3) is 5.10. The van der Waals surface area contributed by atoms with E-state index in [1.165, 1.54) is 0 Å². The Balaban J connectivity index is 2.87. The van der Waals surface area contributed by atoms with Gasteiger partial charge in [0.15, 0.2) is 5.75 Å². The van der Waals surface area contributed by atoms with Gasteiger partial charge in [0, 0.05) is 5.41 Å². The van der Waals surface area contributed by atoms with E-state index in [0.717, 1.165) is 18.2 Å². The van der Waals surface area contributed by atoms with Crippen molar-refractivity contribution in [3.63, 3.8) is 0 Å². The molecule has 2 N–H and O–H groups in total. The van der Waals surface area contributed by atoms with E-state index in [1.54, 1.807) is 13.8 Å². The highest BCUT2D eigenvalue weighted by molar-refractivity contribution is 7.89. The van der Waals surface area contributed by atoms with Crippen LogP contribution in [0.25, 0.3) is 0 Å². The number of nitro groups is 1. The molecule has 0 amide bonds. The van der Waals surface area contributed by atoms with E-state index in [0.29, 0.717) is 0 Å². The highest BCUT2D eigenvalue weighted by Gasteiger charge is 2.26. The molecular formula is C11H15FN2O5S. The average molecular weight is 306 g/mol. The van der Waals surface area contributed by atoms with E-state index >= 15 is 0 Å². The van der Waals surface area contributed by atoms with Crippen LogP contribution in [-0.2, 0) is 10.0 Å². The summed E-state index contributed by atoms with van der Waals surface area (Å²) in [6.07, 6.45) is 0. The number of nitrogens with two attached hydrogens (primary N) is 1. The van der Waals surface area contributed by atoms with E-state index in [9.17, 15) is 22.9 Å². The van der Waals surface area contributed by atoms with Gasteiger partial charge in [-0.3, -0.25) is 10.1 Å². The van der Waals surface area contributed by atoms with Gasteiger partial charge in [0.25, 0.3) is 0 Å². The first-order chi connectivity index (χ1) is 9.00. The molecule has 0 spiro atoms. The molecule has 1 aromatic carbocycles. The number of hydrogen-bond acceptors (Lipinski definition) is 5. The lowest BCUT2D eigenvalue weighted by Gasteiger charge is -2.23. The van der Waals surface area contributed by atoms with Gasteiger partial charge in [-0.1, -0.05) is 13.8 Å². The molecule has 1 aromatic rings. The van der Waals surface area contributed by atoms with Crippen molar-refractivity contribution in [1.29, 1.82) is 0 Å². The number of primary sulfonamides is 1. The molecule has 9 heteroatoms. The molecule has 0 saturated heterocycles. The van der Waals surface area contributed by atoms with Crippen molar-refractivity contribution in [3.8, 4) is 5.75 Å². The Morgan fingerprint density at radius 1 is 1.45 bits per heavy atom. The van der Waals surface area contributed by atoms with E-state index in [-0.39, 0.29) is 18.1 Å². The number of rotatable bonds is 6. The molecule has 0 fully saturated rings.